The van der Waals surface area contributed by atoms with Crippen molar-refractivity contribution in [3.63, 3.8) is 0 Å². The third kappa shape index (κ3) is 6.98. The van der Waals surface area contributed by atoms with Crippen LogP contribution < -0.4 is 20.7 Å². The quantitative estimate of drug-likeness (QED) is 0.233. The maximum absolute atomic E-state index is 11.4. The average molecular weight is 549 g/mol. The zero-order chi connectivity index (χ0) is 22.2. The number of guanidine groups is 1. The summed E-state index contributed by atoms with van der Waals surface area (Å²) >= 11 is 0. The van der Waals surface area contributed by atoms with Gasteiger partial charge in [-0.15, -0.1) is 24.0 Å². The summed E-state index contributed by atoms with van der Waals surface area (Å²) in [4.78, 5) is 20.2. The lowest BCUT2D eigenvalue weighted by atomic mass is 10.1. The lowest BCUT2D eigenvalue weighted by Gasteiger charge is -2.13. The first-order valence-electron chi connectivity index (χ1n) is 9.89. The minimum absolute atomic E-state index is 0. The van der Waals surface area contributed by atoms with Gasteiger partial charge in [-0.25, -0.2) is 4.98 Å². The van der Waals surface area contributed by atoms with Gasteiger partial charge in [-0.1, -0.05) is 23.8 Å². The van der Waals surface area contributed by atoms with Crippen LogP contribution in [0.4, 0.5) is 5.69 Å². The number of aryl methyl sites for hydroxylation is 1. The van der Waals surface area contributed by atoms with Gasteiger partial charge in [0.25, 0.3) is 0 Å². The molecule has 0 spiro atoms. The topological polar surface area (TPSA) is 101 Å². The molecule has 0 aliphatic heterocycles. The highest BCUT2D eigenvalue weighted by Crippen LogP contribution is 2.25. The van der Waals surface area contributed by atoms with Crippen molar-refractivity contribution in [1.82, 2.24) is 15.6 Å². The SMILES string of the molecule is CN=C(NCc1ccc(OC)c(NC(C)=O)c1)NCc1coc(-c2ccc(C)cc2)n1.I. The molecule has 1 amide bonds. The molecule has 1 heterocycles. The third-order valence-electron chi connectivity index (χ3n) is 4.55. The molecule has 2 aromatic carbocycles. The highest BCUT2D eigenvalue weighted by Gasteiger charge is 2.09. The fourth-order valence-corrected chi connectivity index (χ4v) is 2.95. The van der Waals surface area contributed by atoms with Gasteiger partial charge in [0.15, 0.2) is 5.96 Å². The highest BCUT2D eigenvalue weighted by molar-refractivity contribution is 14.0. The second-order valence-electron chi connectivity index (χ2n) is 7.01. The molecule has 0 atom stereocenters. The van der Waals surface area contributed by atoms with E-state index in [2.05, 4.69) is 25.9 Å². The predicted molar refractivity (Wildman–Crippen MR) is 136 cm³/mol. The number of methoxy groups -OCH3 is 1. The van der Waals surface area contributed by atoms with Crippen molar-refractivity contribution in [3.8, 4) is 17.2 Å². The molecular formula is C23H28IN5O3. The van der Waals surface area contributed by atoms with E-state index in [1.165, 1.54) is 12.5 Å². The van der Waals surface area contributed by atoms with E-state index in [1.54, 1.807) is 20.4 Å². The van der Waals surface area contributed by atoms with E-state index in [4.69, 9.17) is 9.15 Å². The molecule has 0 aliphatic carbocycles. The standard InChI is InChI=1S/C23H27N5O3.HI/c1-15-5-8-18(9-6-15)22-28-19(14-31-22)13-26-23(24-3)25-12-17-7-10-21(30-4)20(11-17)27-16(2)29;/h5-11,14H,12-13H2,1-4H3,(H,27,29)(H2,24,25,26);1H. The van der Waals surface area contributed by atoms with Gasteiger partial charge in [0, 0.05) is 26.1 Å². The number of aliphatic imine (C=N–C) groups is 1. The van der Waals surface area contributed by atoms with E-state index in [9.17, 15) is 4.79 Å². The van der Waals surface area contributed by atoms with Crippen molar-refractivity contribution in [2.75, 3.05) is 19.5 Å². The van der Waals surface area contributed by atoms with Crippen LogP contribution in [0.15, 0.2) is 58.1 Å². The zero-order valence-electron chi connectivity index (χ0n) is 18.6. The Morgan fingerprint density at radius 1 is 1.12 bits per heavy atom. The monoisotopic (exact) mass is 549 g/mol. The van der Waals surface area contributed by atoms with Crippen LogP contribution in [0.3, 0.4) is 0 Å². The lowest BCUT2D eigenvalue weighted by Crippen LogP contribution is -2.36. The number of hydrogen-bond donors (Lipinski definition) is 3. The number of halogens is 1. The number of nitrogens with zero attached hydrogens (tertiary/aromatic N) is 2. The number of aromatic nitrogens is 1. The summed E-state index contributed by atoms with van der Waals surface area (Å²) in [5, 5.41) is 9.24. The van der Waals surface area contributed by atoms with Crippen molar-refractivity contribution in [2.45, 2.75) is 26.9 Å². The molecule has 9 heteroatoms. The third-order valence-corrected chi connectivity index (χ3v) is 4.55. The smallest absolute Gasteiger partial charge is 0.226 e. The number of nitrogens with one attached hydrogen (secondary N) is 3. The van der Waals surface area contributed by atoms with Gasteiger partial charge in [-0.05, 0) is 36.8 Å². The van der Waals surface area contributed by atoms with Crippen molar-refractivity contribution >= 4 is 41.5 Å². The molecule has 0 bridgehead atoms. The summed E-state index contributed by atoms with van der Waals surface area (Å²) in [6.07, 6.45) is 1.64. The molecule has 0 saturated heterocycles. The first-order chi connectivity index (χ1) is 15.0. The Bertz CT molecular complexity index is 1060. The molecule has 0 saturated carbocycles. The van der Waals surface area contributed by atoms with Gasteiger partial charge < -0.3 is 25.1 Å². The lowest BCUT2D eigenvalue weighted by molar-refractivity contribution is -0.114. The van der Waals surface area contributed by atoms with E-state index < -0.39 is 0 Å². The van der Waals surface area contributed by atoms with Crippen LogP contribution in [-0.2, 0) is 17.9 Å². The Hall–Kier alpha value is -3.08. The molecule has 0 aliphatic rings. The van der Waals surface area contributed by atoms with E-state index in [0.717, 1.165) is 16.8 Å². The molecule has 3 N–H and O–H groups in total. The second kappa shape index (κ2) is 12.1. The number of benzene rings is 2. The molecule has 0 fully saturated rings. The summed E-state index contributed by atoms with van der Waals surface area (Å²) in [6.45, 7) is 4.49. The van der Waals surface area contributed by atoms with Gasteiger partial charge in [-0.3, -0.25) is 9.79 Å². The summed E-state index contributed by atoms with van der Waals surface area (Å²) in [5.74, 6) is 1.66. The number of hydrogen-bond acceptors (Lipinski definition) is 5. The molecule has 8 nitrogen and oxygen atoms in total. The van der Waals surface area contributed by atoms with Crippen LogP contribution in [0.1, 0.15) is 23.7 Å². The van der Waals surface area contributed by atoms with Crippen LogP contribution in [0.5, 0.6) is 5.75 Å². The van der Waals surface area contributed by atoms with Gasteiger partial charge in [-0.2, -0.15) is 0 Å². The fourth-order valence-electron chi connectivity index (χ4n) is 2.95. The first kappa shape index (κ1) is 25.2. The number of amides is 1. The van der Waals surface area contributed by atoms with Crippen molar-refractivity contribution in [3.05, 3.63) is 65.5 Å². The highest BCUT2D eigenvalue weighted by atomic mass is 127. The number of rotatable bonds is 7. The first-order valence-corrected chi connectivity index (χ1v) is 9.89. The van der Waals surface area contributed by atoms with Crippen LogP contribution >= 0.6 is 24.0 Å². The maximum atomic E-state index is 11.4. The maximum Gasteiger partial charge on any atom is 0.226 e. The Kier molecular flexibility index (Phi) is 9.51. The Morgan fingerprint density at radius 3 is 2.50 bits per heavy atom. The number of ether oxygens (including phenoxy) is 1. The largest absolute Gasteiger partial charge is 0.495 e. The van der Waals surface area contributed by atoms with Crippen LogP contribution in [0, 0.1) is 6.92 Å². The van der Waals surface area contributed by atoms with Gasteiger partial charge in [0.2, 0.25) is 11.8 Å². The number of anilines is 1. The molecule has 3 aromatic rings. The molecule has 32 heavy (non-hydrogen) atoms. The van der Waals surface area contributed by atoms with Gasteiger partial charge in [0.1, 0.15) is 12.0 Å². The van der Waals surface area contributed by atoms with E-state index in [-0.39, 0.29) is 29.9 Å². The van der Waals surface area contributed by atoms with Crippen molar-refractivity contribution in [2.24, 2.45) is 4.99 Å². The minimum atomic E-state index is -0.154. The van der Waals surface area contributed by atoms with Crippen molar-refractivity contribution in [1.29, 1.82) is 0 Å². The predicted octanol–water partition coefficient (Wildman–Crippen LogP) is 4.10. The molecule has 0 unspecified atom stereocenters. The van der Waals surface area contributed by atoms with Crippen LogP contribution in [0.25, 0.3) is 11.5 Å². The van der Waals surface area contributed by atoms with Gasteiger partial charge in [0.05, 0.1) is 25.0 Å². The minimum Gasteiger partial charge on any atom is -0.495 e. The van der Waals surface area contributed by atoms with Crippen molar-refractivity contribution < 1.29 is 13.9 Å². The molecular weight excluding hydrogens is 521 g/mol. The number of oxazole rings is 1. The molecule has 3 rings (SSSR count). The number of carbonyl (C=O) groups excluding carboxylic acids is 1. The van der Waals surface area contributed by atoms with E-state index in [0.29, 0.717) is 36.4 Å². The molecule has 0 radical (unpaired) electrons. The van der Waals surface area contributed by atoms with Crippen LogP contribution in [0.2, 0.25) is 0 Å². The van der Waals surface area contributed by atoms with Gasteiger partial charge >= 0.3 is 0 Å². The number of carbonyl (C=O) groups is 1. The van der Waals surface area contributed by atoms with Crippen LogP contribution in [-0.4, -0.2) is 31.0 Å². The zero-order valence-corrected chi connectivity index (χ0v) is 20.9. The van der Waals surface area contributed by atoms with E-state index in [1.807, 2.05) is 49.4 Å². The molecule has 170 valence electrons. The Labute approximate surface area is 204 Å². The second-order valence-corrected chi connectivity index (χ2v) is 7.01. The summed E-state index contributed by atoms with van der Waals surface area (Å²) in [7, 11) is 3.27. The van der Waals surface area contributed by atoms with E-state index >= 15 is 0 Å². The normalized spacial score (nSPS) is 10.8. The average Bonchev–Trinajstić information content (AvgIpc) is 3.23. The molecule has 1 aromatic heterocycles. The Morgan fingerprint density at radius 2 is 1.84 bits per heavy atom. The summed E-state index contributed by atoms with van der Waals surface area (Å²) in [5.41, 5.74) is 4.50. The fraction of sp³-hybridized carbons (Fsp3) is 0.261. The summed E-state index contributed by atoms with van der Waals surface area (Å²) in [6, 6.07) is 13.6. The Balaban J connectivity index is 0.00000363. The summed E-state index contributed by atoms with van der Waals surface area (Å²) < 4.78 is 10.9.